The van der Waals surface area contributed by atoms with Crippen molar-refractivity contribution in [2.24, 2.45) is 5.73 Å². The lowest BCUT2D eigenvalue weighted by Gasteiger charge is -2.25. The van der Waals surface area contributed by atoms with Gasteiger partial charge in [-0.1, -0.05) is 0 Å². The first-order valence-electron chi connectivity index (χ1n) is 9.92. The van der Waals surface area contributed by atoms with Gasteiger partial charge in [0.05, 0.1) is 24.4 Å². The lowest BCUT2D eigenvalue weighted by molar-refractivity contribution is 0.0258. The van der Waals surface area contributed by atoms with E-state index in [-0.39, 0.29) is 6.10 Å². The normalized spacial score (nSPS) is 13.9. The van der Waals surface area contributed by atoms with Crippen LogP contribution in [0.2, 0.25) is 0 Å². The Kier molecular flexibility index (Phi) is 7.54. The van der Waals surface area contributed by atoms with Crippen molar-refractivity contribution < 1.29 is 14.3 Å². The average molecular weight is 442 g/mol. The highest BCUT2D eigenvalue weighted by molar-refractivity contribution is 7.79. The number of nitrogens with one attached hydrogen (secondary N) is 1. The molecule has 0 saturated carbocycles. The molecule has 0 bridgehead atoms. The van der Waals surface area contributed by atoms with E-state index in [9.17, 15) is 4.79 Å². The first-order chi connectivity index (χ1) is 15.0. The largest absolute Gasteiger partial charge is 0.488 e. The summed E-state index contributed by atoms with van der Waals surface area (Å²) in [7, 11) is 0. The first-order valence-corrected chi connectivity index (χ1v) is 10.8. The molecule has 3 aromatic rings. The number of fused-ring (bicyclic) bond motifs is 1. The van der Waals surface area contributed by atoms with E-state index in [0.717, 1.165) is 29.3 Å². The maximum atomic E-state index is 11.7. The Bertz CT molecular complexity index is 1070. The number of hydrogen-bond donors (Lipinski definition) is 4. The van der Waals surface area contributed by atoms with Gasteiger partial charge in [0.25, 0.3) is 0 Å². The van der Waals surface area contributed by atoms with E-state index >= 15 is 0 Å². The Balaban J connectivity index is 0.00000132. The van der Waals surface area contributed by atoms with Crippen LogP contribution in [-0.4, -0.2) is 41.4 Å². The van der Waals surface area contributed by atoms with E-state index in [1.54, 1.807) is 24.5 Å². The van der Waals surface area contributed by atoms with Crippen molar-refractivity contribution in [3.63, 3.8) is 0 Å². The van der Waals surface area contributed by atoms with E-state index in [1.165, 1.54) is 6.33 Å². The Morgan fingerprint density at radius 2 is 1.94 bits per heavy atom. The molecule has 0 unspecified atom stereocenters. The zero-order valence-electron chi connectivity index (χ0n) is 17.6. The summed E-state index contributed by atoms with van der Waals surface area (Å²) in [6.45, 7) is 3.27. The molecular formula is C22H27N5O3S. The molecule has 0 aliphatic carbocycles. The maximum Gasteiger partial charge on any atom is 0.248 e. The fraction of sp³-hybridized carbons (Fsp3) is 0.318. The molecule has 2 aromatic carbocycles. The second-order valence-corrected chi connectivity index (χ2v) is 7.08. The van der Waals surface area contributed by atoms with Crippen LogP contribution in [0.5, 0.6) is 5.75 Å². The predicted molar refractivity (Wildman–Crippen MR) is 126 cm³/mol. The summed E-state index contributed by atoms with van der Waals surface area (Å²) < 4.78 is 11.6. The number of anilines is 3. The number of benzene rings is 2. The van der Waals surface area contributed by atoms with Gasteiger partial charge in [0.2, 0.25) is 5.91 Å². The van der Waals surface area contributed by atoms with Gasteiger partial charge in [0.15, 0.2) is 0 Å². The molecule has 0 spiro atoms. The number of nitrogens with zero attached hydrogens (tertiary/aromatic N) is 2. The van der Waals surface area contributed by atoms with Crippen molar-refractivity contribution in [3.05, 3.63) is 47.8 Å². The summed E-state index contributed by atoms with van der Waals surface area (Å²) in [6.07, 6.45) is 4.76. The number of ether oxygens (including phenoxy) is 2. The number of aromatic nitrogens is 2. The van der Waals surface area contributed by atoms with E-state index < -0.39 is 5.91 Å². The van der Waals surface area contributed by atoms with Gasteiger partial charge in [0.1, 0.15) is 24.0 Å². The minimum atomic E-state index is -0.507. The smallest absolute Gasteiger partial charge is 0.248 e. The second kappa shape index (κ2) is 10.3. The number of carbonyl (C=O) groups excluding carboxylic acids is 1. The fourth-order valence-electron chi connectivity index (χ4n) is 3.49. The molecule has 5 N–H and O–H groups in total. The van der Waals surface area contributed by atoms with Crippen LogP contribution in [0.15, 0.2) is 36.7 Å². The standard InChI is InChI=1S/C21H23N5O3.CH4S/c1-12-8-14(22)10-17-19(12)21(25-11-24-17)26-16-3-2-13(20(23)27)9-18(16)29-15-4-6-28-7-5-15;1-2/h2-3,8-11,15H,4-7,22H2,1H3,(H2,23,27)(H,24,25,26);2H,1H3. The van der Waals surface area contributed by atoms with Gasteiger partial charge in [-0.3, -0.25) is 4.79 Å². The van der Waals surface area contributed by atoms with Crippen LogP contribution < -0.4 is 21.5 Å². The first kappa shape index (κ1) is 22.6. The Morgan fingerprint density at radius 1 is 1.19 bits per heavy atom. The van der Waals surface area contributed by atoms with Crippen LogP contribution in [0.3, 0.4) is 0 Å². The average Bonchev–Trinajstić information content (AvgIpc) is 2.76. The third-order valence-corrected chi connectivity index (χ3v) is 4.94. The molecule has 2 heterocycles. The van der Waals surface area contributed by atoms with Gasteiger partial charge in [0, 0.05) is 29.5 Å². The highest BCUT2D eigenvalue weighted by atomic mass is 32.1. The molecule has 8 nitrogen and oxygen atoms in total. The van der Waals surface area contributed by atoms with E-state index in [1.807, 2.05) is 19.1 Å². The fourth-order valence-corrected chi connectivity index (χ4v) is 3.49. The van der Waals surface area contributed by atoms with Crippen LogP contribution in [-0.2, 0) is 4.74 Å². The summed E-state index contributed by atoms with van der Waals surface area (Å²) in [4.78, 5) is 20.4. The van der Waals surface area contributed by atoms with E-state index in [0.29, 0.717) is 41.7 Å². The van der Waals surface area contributed by atoms with Gasteiger partial charge < -0.3 is 26.3 Å². The maximum absolute atomic E-state index is 11.7. The van der Waals surface area contributed by atoms with Crippen LogP contribution >= 0.6 is 12.6 Å². The number of thiol groups is 1. The topological polar surface area (TPSA) is 125 Å². The molecule has 1 amide bonds. The van der Waals surface area contributed by atoms with E-state index in [2.05, 4.69) is 27.9 Å². The lowest BCUT2D eigenvalue weighted by Crippen LogP contribution is -2.26. The Hall–Kier alpha value is -3.04. The molecule has 0 atom stereocenters. The van der Waals surface area contributed by atoms with Gasteiger partial charge in [-0.15, -0.1) is 0 Å². The van der Waals surface area contributed by atoms with Crippen molar-refractivity contribution in [1.29, 1.82) is 0 Å². The van der Waals surface area contributed by atoms with Crippen molar-refractivity contribution in [3.8, 4) is 5.75 Å². The number of carbonyl (C=O) groups is 1. The minimum Gasteiger partial charge on any atom is -0.488 e. The van der Waals surface area contributed by atoms with Crippen molar-refractivity contribution >= 4 is 46.6 Å². The predicted octanol–water partition coefficient (Wildman–Crippen LogP) is 3.47. The second-order valence-electron chi connectivity index (χ2n) is 7.08. The zero-order chi connectivity index (χ0) is 22.4. The quantitative estimate of drug-likeness (QED) is 0.353. The molecular weight excluding hydrogens is 414 g/mol. The Labute approximate surface area is 186 Å². The summed E-state index contributed by atoms with van der Waals surface area (Å²) >= 11 is 3.53. The van der Waals surface area contributed by atoms with Crippen molar-refractivity contribution in [1.82, 2.24) is 9.97 Å². The number of primary amides is 1. The van der Waals surface area contributed by atoms with Crippen LogP contribution in [0, 0.1) is 6.92 Å². The minimum absolute atomic E-state index is 0.0103. The number of amides is 1. The van der Waals surface area contributed by atoms with Crippen LogP contribution in [0.4, 0.5) is 17.2 Å². The monoisotopic (exact) mass is 441 g/mol. The number of nitrogens with two attached hydrogens (primary N) is 2. The van der Waals surface area contributed by atoms with Crippen LogP contribution in [0.1, 0.15) is 28.8 Å². The molecule has 1 fully saturated rings. The summed E-state index contributed by atoms with van der Waals surface area (Å²) in [6, 6.07) is 8.79. The lowest BCUT2D eigenvalue weighted by atomic mass is 10.1. The SMILES string of the molecule is CS.Cc1cc(N)cc2ncnc(Nc3ccc(C(N)=O)cc3OC3CCOCC3)c12. The molecule has 1 aliphatic heterocycles. The zero-order valence-corrected chi connectivity index (χ0v) is 18.5. The highest BCUT2D eigenvalue weighted by Crippen LogP contribution is 2.34. The summed E-state index contributed by atoms with van der Waals surface area (Å²) in [5.74, 6) is 0.677. The third kappa shape index (κ3) is 5.36. The molecule has 164 valence electrons. The molecule has 0 radical (unpaired) electrons. The summed E-state index contributed by atoms with van der Waals surface area (Å²) in [5.41, 5.74) is 14.8. The molecule has 1 aromatic heterocycles. The van der Waals surface area contributed by atoms with Gasteiger partial charge in [-0.2, -0.15) is 12.6 Å². The Morgan fingerprint density at radius 3 is 2.65 bits per heavy atom. The third-order valence-electron chi connectivity index (χ3n) is 4.94. The van der Waals surface area contributed by atoms with Crippen molar-refractivity contribution in [2.45, 2.75) is 25.9 Å². The molecule has 4 rings (SSSR count). The molecule has 1 saturated heterocycles. The molecule has 9 heteroatoms. The van der Waals surface area contributed by atoms with E-state index in [4.69, 9.17) is 20.9 Å². The molecule has 31 heavy (non-hydrogen) atoms. The summed E-state index contributed by atoms with van der Waals surface area (Å²) in [5, 5.41) is 4.20. The number of rotatable bonds is 5. The number of hydrogen-bond acceptors (Lipinski definition) is 8. The van der Waals surface area contributed by atoms with Crippen molar-refractivity contribution in [2.75, 3.05) is 30.5 Å². The van der Waals surface area contributed by atoms with Gasteiger partial charge in [-0.25, -0.2) is 9.97 Å². The van der Waals surface area contributed by atoms with Crippen LogP contribution in [0.25, 0.3) is 10.9 Å². The highest BCUT2D eigenvalue weighted by Gasteiger charge is 2.19. The van der Waals surface area contributed by atoms with Gasteiger partial charge in [-0.05, 0) is 49.1 Å². The molecule has 1 aliphatic rings. The number of nitrogen functional groups attached to an aromatic ring is 1. The number of aryl methyl sites for hydroxylation is 1. The van der Waals surface area contributed by atoms with Gasteiger partial charge >= 0.3 is 0 Å².